The van der Waals surface area contributed by atoms with Gasteiger partial charge in [0, 0.05) is 11.7 Å². The molecule has 8 heteroatoms. The molecule has 0 spiro atoms. The Morgan fingerprint density at radius 3 is 2.59 bits per heavy atom. The number of hydrogen-bond donors (Lipinski definition) is 1. The number of methoxy groups -OCH3 is 1. The van der Waals surface area contributed by atoms with E-state index in [9.17, 15) is 9.59 Å². The Kier molecular flexibility index (Phi) is 7.16. The van der Waals surface area contributed by atoms with Crippen molar-refractivity contribution in [2.75, 3.05) is 12.0 Å². The molecule has 5 rings (SSSR count). The van der Waals surface area contributed by atoms with Gasteiger partial charge in [0.05, 0.1) is 12.6 Å². The van der Waals surface area contributed by atoms with Crippen molar-refractivity contribution in [2.45, 2.75) is 51.2 Å². The molecule has 1 heterocycles. The van der Waals surface area contributed by atoms with E-state index >= 15 is 0 Å². The molecule has 3 aromatic carbocycles. The quantitative estimate of drug-likeness (QED) is 0.385. The summed E-state index contributed by atoms with van der Waals surface area (Å²) >= 11 is 0. The first-order chi connectivity index (χ1) is 18.0. The highest BCUT2D eigenvalue weighted by Gasteiger charge is 2.35. The molecule has 1 unspecified atom stereocenters. The third-order valence-electron chi connectivity index (χ3n) is 6.97. The Morgan fingerprint density at radius 1 is 1.05 bits per heavy atom. The summed E-state index contributed by atoms with van der Waals surface area (Å²) in [5.41, 5.74) is 3.71. The standard InChI is InChI=1S/C29H31N5O3/c1-20-10-3-7-16-25(20)34(27(35)19-33-26-17-8-6-15-24(26)31-32-33)28(21-11-9-14-23(18-21)37-2)29(36)30-22-12-4-5-13-22/h3,6-11,14-18,22,28H,4-5,12-13,19H2,1-2H3,(H,30,36). The molecule has 2 amide bonds. The summed E-state index contributed by atoms with van der Waals surface area (Å²) in [5, 5.41) is 11.6. The number of hydrogen-bond acceptors (Lipinski definition) is 5. The molecule has 0 saturated heterocycles. The number of ether oxygens (including phenoxy) is 1. The molecular weight excluding hydrogens is 466 g/mol. The minimum atomic E-state index is -0.890. The molecule has 37 heavy (non-hydrogen) atoms. The van der Waals surface area contributed by atoms with Crippen molar-refractivity contribution in [3.63, 3.8) is 0 Å². The van der Waals surface area contributed by atoms with Gasteiger partial charge in [-0.05, 0) is 61.2 Å². The second-order valence-corrected chi connectivity index (χ2v) is 9.46. The first-order valence-corrected chi connectivity index (χ1v) is 12.7. The lowest BCUT2D eigenvalue weighted by atomic mass is 10.0. The highest BCUT2D eigenvalue weighted by atomic mass is 16.5. The van der Waals surface area contributed by atoms with Crippen molar-refractivity contribution >= 4 is 28.5 Å². The summed E-state index contributed by atoms with van der Waals surface area (Å²) in [7, 11) is 1.59. The molecule has 4 aromatic rings. The summed E-state index contributed by atoms with van der Waals surface area (Å²) in [5.74, 6) is 0.148. The molecule has 1 N–H and O–H groups in total. The number of aromatic nitrogens is 3. The van der Waals surface area contributed by atoms with Gasteiger partial charge in [-0.1, -0.05) is 60.5 Å². The summed E-state index contributed by atoms with van der Waals surface area (Å²) < 4.78 is 7.05. The molecule has 8 nitrogen and oxygen atoms in total. The Hall–Kier alpha value is -4.20. The van der Waals surface area contributed by atoms with Crippen molar-refractivity contribution in [2.24, 2.45) is 0 Å². The Balaban J connectivity index is 1.59. The number of fused-ring (bicyclic) bond motifs is 1. The van der Waals surface area contributed by atoms with Gasteiger partial charge < -0.3 is 10.1 Å². The average molecular weight is 498 g/mol. The summed E-state index contributed by atoms with van der Waals surface area (Å²) in [6.07, 6.45) is 4.07. The first kappa shape index (κ1) is 24.5. The molecule has 0 aliphatic heterocycles. The van der Waals surface area contributed by atoms with Crippen LogP contribution in [0.4, 0.5) is 5.69 Å². The zero-order valence-corrected chi connectivity index (χ0v) is 21.1. The molecule has 0 bridgehead atoms. The van der Waals surface area contributed by atoms with Crippen LogP contribution in [0.15, 0.2) is 72.8 Å². The van der Waals surface area contributed by atoms with Gasteiger partial charge in [0.15, 0.2) is 0 Å². The van der Waals surface area contributed by atoms with Gasteiger partial charge in [0.1, 0.15) is 23.9 Å². The third-order valence-corrected chi connectivity index (χ3v) is 6.97. The number of amides is 2. The van der Waals surface area contributed by atoms with E-state index in [0.717, 1.165) is 36.8 Å². The molecule has 1 saturated carbocycles. The number of nitrogens with zero attached hydrogens (tertiary/aromatic N) is 4. The number of benzene rings is 3. The van der Waals surface area contributed by atoms with Gasteiger partial charge in [0.25, 0.3) is 0 Å². The first-order valence-electron chi connectivity index (χ1n) is 12.7. The van der Waals surface area contributed by atoms with Crippen molar-refractivity contribution in [1.82, 2.24) is 20.3 Å². The van der Waals surface area contributed by atoms with Crippen LogP contribution in [0.1, 0.15) is 42.9 Å². The van der Waals surface area contributed by atoms with E-state index in [4.69, 9.17) is 4.74 Å². The summed E-state index contributed by atoms with van der Waals surface area (Å²) in [4.78, 5) is 29.7. The van der Waals surface area contributed by atoms with Crippen molar-refractivity contribution in [3.8, 4) is 5.75 Å². The van der Waals surface area contributed by atoms with Gasteiger partial charge in [0.2, 0.25) is 11.8 Å². The maximum absolute atomic E-state index is 14.1. The zero-order valence-electron chi connectivity index (χ0n) is 21.1. The minimum absolute atomic E-state index is 0.0635. The SMILES string of the molecule is COc1cccc(C(C(=O)NC2CCCC2)N(C(=O)Cn2nnc3ccccc32)c2ccccc2C)c1. The van der Waals surface area contributed by atoms with E-state index in [1.165, 1.54) is 0 Å². The van der Waals surface area contributed by atoms with Crippen molar-refractivity contribution < 1.29 is 14.3 Å². The van der Waals surface area contributed by atoms with Crippen LogP contribution in [0.3, 0.4) is 0 Å². The lowest BCUT2D eigenvalue weighted by molar-refractivity contribution is -0.127. The number of carbonyl (C=O) groups excluding carboxylic acids is 2. The highest BCUT2D eigenvalue weighted by Crippen LogP contribution is 2.33. The van der Waals surface area contributed by atoms with Crippen LogP contribution < -0.4 is 15.0 Å². The van der Waals surface area contributed by atoms with E-state index in [1.54, 1.807) is 16.7 Å². The van der Waals surface area contributed by atoms with Crippen LogP contribution in [0.25, 0.3) is 11.0 Å². The Labute approximate surface area is 216 Å². The van der Waals surface area contributed by atoms with Crippen LogP contribution in [0.2, 0.25) is 0 Å². The van der Waals surface area contributed by atoms with E-state index in [-0.39, 0.29) is 24.4 Å². The van der Waals surface area contributed by atoms with E-state index in [0.29, 0.717) is 22.5 Å². The van der Waals surface area contributed by atoms with Gasteiger partial charge in [-0.15, -0.1) is 5.10 Å². The monoisotopic (exact) mass is 497 g/mol. The fourth-order valence-electron chi connectivity index (χ4n) is 5.07. The van der Waals surface area contributed by atoms with Gasteiger partial charge >= 0.3 is 0 Å². The number of nitrogens with one attached hydrogen (secondary N) is 1. The van der Waals surface area contributed by atoms with Gasteiger partial charge in [-0.3, -0.25) is 14.5 Å². The number of anilines is 1. The molecule has 1 atom stereocenters. The summed E-state index contributed by atoms with van der Waals surface area (Å²) in [6, 6.07) is 21.7. The lowest BCUT2D eigenvalue weighted by Gasteiger charge is -2.33. The second kappa shape index (κ2) is 10.8. The van der Waals surface area contributed by atoms with Gasteiger partial charge in [-0.2, -0.15) is 0 Å². The largest absolute Gasteiger partial charge is 0.497 e. The number of aryl methyl sites for hydroxylation is 1. The fraction of sp³-hybridized carbons (Fsp3) is 0.310. The molecule has 190 valence electrons. The third kappa shape index (κ3) is 5.18. The van der Waals surface area contributed by atoms with Crippen molar-refractivity contribution in [3.05, 3.63) is 83.9 Å². The van der Waals surface area contributed by atoms with Gasteiger partial charge in [-0.25, -0.2) is 4.68 Å². The molecule has 1 aliphatic carbocycles. The predicted octanol–water partition coefficient (Wildman–Crippen LogP) is 4.58. The molecule has 1 aromatic heterocycles. The van der Waals surface area contributed by atoms with E-state index < -0.39 is 6.04 Å². The Bertz CT molecular complexity index is 1410. The molecule has 1 fully saturated rings. The number of carbonyl (C=O) groups is 2. The summed E-state index contributed by atoms with van der Waals surface area (Å²) in [6.45, 7) is 1.88. The maximum Gasteiger partial charge on any atom is 0.249 e. The number of rotatable bonds is 8. The van der Waals surface area contributed by atoms with E-state index in [2.05, 4.69) is 15.6 Å². The van der Waals surface area contributed by atoms with Crippen LogP contribution >= 0.6 is 0 Å². The Morgan fingerprint density at radius 2 is 1.81 bits per heavy atom. The molecule has 0 radical (unpaired) electrons. The molecular formula is C29H31N5O3. The van der Waals surface area contributed by atoms with E-state index in [1.807, 2.05) is 79.7 Å². The smallest absolute Gasteiger partial charge is 0.249 e. The predicted molar refractivity (Wildman–Crippen MR) is 142 cm³/mol. The minimum Gasteiger partial charge on any atom is -0.497 e. The topological polar surface area (TPSA) is 89.4 Å². The second-order valence-electron chi connectivity index (χ2n) is 9.46. The van der Waals surface area contributed by atoms with Crippen LogP contribution in [0, 0.1) is 6.92 Å². The molecule has 1 aliphatic rings. The maximum atomic E-state index is 14.1. The highest BCUT2D eigenvalue weighted by molar-refractivity contribution is 6.02. The number of para-hydroxylation sites is 2. The zero-order chi connectivity index (χ0) is 25.8. The normalized spacial score (nSPS) is 14.4. The van der Waals surface area contributed by atoms with Crippen LogP contribution in [-0.4, -0.2) is 40.0 Å². The fourth-order valence-corrected chi connectivity index (χ4v) is 5.07. The van der Waals surface area contributed by atoms with Crippen LogP contribution in [0.5, 0.6) is 5.75 Å². The van der Waals surface area contributed by atoms with Crippen molar-refractivity contribution in [1.29, 1.82) is 0 Å². The average Bonchev–Trinajstić information content (AvgIpc) is 3.58. The lowest BCUT2D eigenvalue weighted by Crippen LogP contribution is -2.47. The van der Waals surface area contributed by atoms with Crippen LogP contribution in [-0.2, 0) is 16.1 Å².